The Hall–Kier alpha value is -2.81. The zero-order valence-corrected chi connectivity index (χ0v) is 39.6. The van der Waals surface area contributed by atoms with Crippen molar-refractivity contribution in [2.24, 2.45) is 0 Å². The van der Waals surface area contributed by atoms with Crippen LogP contribution in [0.1, 0.15) is 168 Å². The van der Waals surface area contributed by atoms with E-state index in [1.165, 1.54) is 64.2 Å². The predicted octanol–water partition coefficient (Wildman–Crippen LogP) is 13.6. The Morgan fingerprint density at radius 3 is 1.48 bits per heavy atom. The summed E-state index contributed by atoms with van der Waals surface area (Å²) in [6.07, 6.45) is 53.7. The van der Waals surface area contributed by atoms with Gasteiger partial charge in [-0.2, -0.15) is 0 Å². The highest BCUT2D eigenvalue weighted by atomic mass is 31.2. The topological polar surface area (TPSA) is 108 Å². The monoisotopic (exact) mass is 861 g/mol. The molecular formula is C50H87NO8P+. The Bertz CT molecular complexity index is 1290. The number of quaternary nitrogens is 1. The fourth-order valence-corrected chi connectivity index (χ4v) is 6.54. The molecular weight excluding hydrogens is 774 g/mol. The van der Waals surface area contributed by atoms with E-state index in [0.29, 0.717) is 17.4 Å². The average Bonchev–Trinajstić information content (AvgIpc) is 3.20. The van der Waals surface area contributed by atoms with E-state index in [1.54, 1.807) is 0 Å². The first kappa shape index (κ1) is 57.2. The van der Waals surface area contributed by atoms with Gasteiger partial charge in [0.05, 0.1) is 27.7 Å². The lowest BCUT2D eigenvalue weighted by Crippen LogP contribution is -2.37. The van der Waals surface area contributed by atoms with E-state index in [0.717, 1.165) is 70.6 Å². The zero-order valence-electron chi connectivity index (χ0n) is 38.7. The molecule has 0 aliphatic carbocycles. The molecule has 0 saturated carbocycles. The van der Waals surface area contributed by atoms with Gasteiger partial charge in [-0.15, -0.1) is 0 Å². The molecule has 0 spiro atoms. The number of carbonyl (C=O) groups is 2. The SMILES string of the molecule is CC/C=C\C/C=C\C/C=C\C/C=C\CCC(=O)OC(COC(=O)CCCCCCCCCC/C=C\C/C=C\C/C=C\CCCCCCC)COP(=O)(O)OCC[N+](C)(C)C. The van der Waals surface area contributed by atoms with Crippen molar-refractivity contribution in [3.8, 4) is 0 Å². The van der Waals surface area contributed by atoms with Crippen LogP contribution < -0.4 is 0 Å². The standard InChI is InChI=1S/C50H86NO8P/c1-6-8-10-12-14-16-18-20-21-22-23-24-25-26-27-28-29-31-32-34-36-38-40-42-49(52)56-46-48(47-58-60(54,55)57-45-44-51(3,4)5)59-50(53)43-41-39-37-35-33-30-19-17-15-13-11-9-7-2/h9,11,15,17-18,20,22-23,25-26,30,33,37,39,48H,6-8,10,12-14,16,19,21,24,27-29,31-32,34-36,38,40-47H2,1-5H3/p+1/b11-9-,17-15-,20-18-,23-22-,26-25-,33-30-,39-37-. The number of ether oxygens (including phenoxy) is 2. The third-order valence-electron chi connectivity index (χ3n) is 9.42. The first-order valence-electron chi connectivity index (χ1n) is 23.3. The largest absolute Gasteiger partial charge is 0.472 e. The average molecular weight is 861 g/mol. The van der Waals surface area contributed by atoms with Gasteiger partial charge in [0, 0.05) is 12.8 Å². The van der Waals surface area contributed by atoms with Crippen LogP contribution in [0.4, 0.5) is 0 Å². The van der Waals surface area contributed by atoms with Crippen molar-refractivity contribution >= 4 is 19.8 Å². The highest BCUT2D eigenvalue weighted by molar-refractivity contribution is 7.47. The molecule has 1 N–H and O–H groups in total. The maximum Gasteiger partial charge on any atom is 0.472 e. The van der Waals surface area contributed by atoms with E-state index < -0.39 is 32.5 Å². The summed E-state index contributed by atoms with van der Waals surface area (Å²) in [5.74, 6) is -0.909. The van der Waals surface area contributed by atoms with Gasteiger partial charge in [0.1, 0.15) is 19.8 Å². The Kier molecular flexibility index (Phi) is 39.6. The molecule has 0 aliphatic heterocycles. The molecule has 2 atom stereocenters. The molecule has 0 aromatic heterocycles. The number of hydrogen-bond donors (Lipinski definition) is 1. The predicted molar refractivity (Wildman–Crippen MR) is 252 cm³/mol. The summed E-state index contributed by atoms with van der Waals surface area (Å²) in [6.45, 7) is 4.18. The third-order valence-corrected chi connectivity index (χ3v) is 10.4. The van der Waals surface area contributed by atoms with Gasteiger partial charge in [-0.05, 0) is 77.0 Å². The van der Waals surface area contributed by atoms with Gasteiger partial charge in [-0.1, -0.05) is 163 Å². The molecule has 60 heavy (non-hydrogen) atoms. The van der Waals surface area contributed by atoms with Crippen LogP contribution in [0.2, 0.25) is 0 Å². The fourth-order valence-electron chi connectivity index (χ4n) is 5.80. The highest BCUT2D eigenvalue weighted by Crippen LogP contribution is 2.43. The second-order valence-electron chi connectivity index (χ2n) is 16.4. The molecule has 0 rings (SSSR count). The van der Waals surface area contributed by atoms with Crippen LogP contribution in [0.5, 0.6) is 0 Å². The van der Waals surface area contributed by atoms with Gasteiger partial charge < -0.3 is 18.9 Å². The lowest BCUT2D eigenvalue weighted by molar-refractivity contribution is -0.870. The van der Waals surface area contributed by atoms with Crippen molar-refractivity contribution in [1.29, 1.82) is 0 Å². The number of unbranched alkanes of at least 4 members (excludes halogenated alkanes) is 13. The number of rotatable bonds is 41. The minimum atomic E-state index is -4.40. The Labute approximate surface area is 367 Å². The first-order valence-corrected chi connectivity index (χ1v) is 24.8. The molecule has 0 saturated heterocycles. The number of carbonyl (C=O) groups excluding carboxylic acids is 2. The van der Waals surface area contributed by atoms with E-state index in [-0.39, 0.29) is 26.1 Å². The number of phosphoric acid groups is 1. The zero-order chi connectivity index (χ0) is 44.3. The summed E-state index contributed by atoms with van der Waals surface area (Å²) in [7, 11) is 1.42. The van der Waals surface area contributed by atoms with Crippen LogP contribution in [0.25, 0.3) is 0 Å². The minimum Gasteiger partial charge on any atom is -0.462 e. The van der Waals surface area contributed by atoms with E-state index in [9.17, 15) is 19.0 Å². The maximum absolute atomic E-state index is 12.6. The first-order chi connectivity index (χ1) is 29.0. The Balaban J connectivity index is 4.35. The molecule has 0 amide bonds. The Morgan fingerprint density at radius 1 is 0.533 bits per heavy atom. The lowest BCUT2D eigenvalue weighted by Gasteiger charge is -2.24. The van der Waals surface area contributed by atoms with Crippen LogP contribution >= 0.6 is 7.82 Å². The molecule has 0 aromatic rings. The minimum absolute atomic E-state index is 0.0134. The number of nitrogens with zero attached hydrogens (tertiary/aromatic N) is 1. The molecule has 0 radical (unpaired) electrons. The van der Waals surface area contributed by atoms with Crippen molar-refractivity contribution in [2.75, 3.05) is 47.5 Å². The third kappa shape index (κ3) is 44.7. The quantitative estimate of drug-likeness (QED) is 0.0213. The summed E-state index contributed by atoms with van der Waals surface area (Å²) in [4.78, 5) is 35.3. The highest BCUT2D eigenvalue weighted by Gasteiger charge is 2.27. The number of hydrogen-bond acceptors (Lipinski definition) is 7. The van der Waals surface area contributed by atoms with Crippen LogP contribution in [0.15, 0.2) is 85.1 Å². The second kappa shape index (κ2) is 41.5. The van der Waals surface area contributed by atoms with Gasteiger partial charge in [-0.3, -0.25) is 18.6 Å². The van der Waals surface area contributed by atoms with Crippen molar-refractivity contribution in [3.63, 3.8) is 0 Å². The van der Waals surface area contributed by atoms with Crippen LogP contribution in [-0.2, 0) is 32.7 Å². The molecule has 0 aromatic carbocycles. The van der Waals surface area contributed by atoms with Crippen LogP contribution in [0, 0.1) is 0 Å². The number of esters is 2. The van der Waals surface area contributed by atoms with Gasteiger partial charge in [0.25, 0.3) is 0 Å². The summed E-state index contributed by atoms with van der Waals surface area (Å²) >= 11 is 0. The van der Waals surface area contributed by atoms with Crippen LogP contribution in [-0.4, -0.2) is 74.9 Å². The van der Waals surface area contributed by atoms with Crippen molar-refractivity contribution in [3.05, 3.63) is 85.1 Å². The molecule has 2 unspecified atom stereocenters. The molecule has 0 fully saturated rings. The summed E-state index contributed by atoms with van der Waals surface area (Å²) < 4.78 is 34.2. The van der Waals surface area contributed by atoms with Crippen molar-refractivity contribution in [2.45, 2.75) is 174 Å². The van der Waals surface area contributed by atoms with Crippen molar-refractivity contribution < 1.29 is 42.1 Å². The molecule has 9 nitrogen and oxygen atoms in total. The van der Waals surface area contributed by atoms with E-state index in [4.69, 9.17) is 18.5 Å². The summed E-state index contributed by atoms with van der Waals surface area (Å²) in [6, 6.07) is 0. The van der Waals surface area contributed by atoms with Gasteiger partial charge in [0.2, 0.25) is 0 Å². The molecule has 0 aliphatic rings. The normalized spacial score (nSPS) is 14.3. The van der Waals surface area contributed by atoms with Gasteiger partial charge in [-0.25, -0.2) is 4.57 Å². The smallest absolute Gasteiger partial charge is 0.462 e. The fraction of sp³-hybridized carbons (Fsp3) is 0.680. The molecule has 344 valence electrons. The number of phosphoric ester groups is 1. The van der Waals surface area contributed by atoms with Gasteiger partial charge >= 0.3 is 19.8 Å². The van der Waals surface area contributed by atoms with Crippen molar-refractivity contribution in [1.82, 2.24) is 0 Å². The Morgan fingerprint density at radius 2 is 0.983 bits per heavy atom. The summed E-state index contributed by atoms with van der Waals surface area (Å²) in [5.41, 5.74) is 0. The molecule has 0 heterocycles. The van der Waals surface area contributed by atoms with Gasteiger partial charge in [0.15, 0.2) is 6.10 Å². The van der Waals surface area contributed by atoms with Crippen LogP contribution in [0.3, 0.4) is 0 Å². The van der Waals surface area contributed by atoms with E-state index in [2.05, 4.69) is 86.8 Å². The summed E-state index contributed by atoms with van der Waals surface area (Å²) in [5, 5.41) is 0. The molecule has 10 heteroatoms. The lowest BCUT2D eigenvalue weighted by atomic mass is 10.1. The van der Waals surface area contributed by atoms with E-state index >= 15 is 0 Å². The molecule has 0 bridgehead atoms. The second-order valence-corrected chi connectivity index (χ2v) is 17.9. The number of likely N-dealkylation sites (N-methyl/N-ethyl adjacent to an activating group) is 1. The van der Waals surface area contributed by atoms with E-state index in [1.807, 2.05) is 33.3 Å². The number of allylic oxidation sites excluding steroid dienone is 14. The maximum atomic E-state index is 12.6.